The van der Waals surface area contributed by atoms with Crippen LogP contribution in [0.25, 0.3) is 0 Å². The number of rotatable bonds is 6. The zero-order valence-electron chi connectivity index (χ0n) is 15.3. The molecule has 0 unspecified atom stereocenters. The number of carboxylic acids is 1. The number of benzene rings is 2. The number of carbonyl (C=O) groups is 2. The minimum Gasteiger partial charge on any atom is -0.481 e. The summed E-state index contributed by atoms with van der Waals surface area (Å²) in [5.74, 6) is -1.39. The minimum atomic E-state index is -0.933. The Labute approximate surface area is 161 Å². The molecule has 0 radical (unpaired) electrons. The van der Waals surface area contributed by atoms with Gasteiger partial charge in [-0.15, -0.1) is 0 Å². The third-order valence-electron chi connectivity index (χ3n) is 4.70. The lowest BCUT2D eigenvalue weighted by Gasteiger charge is -2.28. The molecular formula is C20H21N3O5. The number of carboxylic acid groups (broad SMARTS) is 1. The predicted molar refractivity (Wildman–Crippen MR) is 105 cm³/mol. The first-order valence-corrected chi connectivity index (χ1v) is 9.09. The van der Waals surface area contributed by atoms with Crippen molar-refractivity contribution in [3.8, 4) is 0 Å². The summed E-state index contributed by atoms with van der Waals surface area (Å²) in [6, 6.07) is 11.0. The van der Waals surface area contributed by atoms with Crippen LogP contribution in [0.15, 0.2) is 42.5 Å². The smallest absolute Gasteiger partial charge is 0.307 e. The Morgan fingerprint density at radius 3 is 2.36 bits per heavy atom. The molecule has 8 nitrogen and oxygen atoms in total. The lowest BCUT2D eigenvalue weighted by molar-refractivity contribution is -0.384. The van der Waals surface area contributed by atoms with Crippen molar-refractivity contribution < 1.29 is 19.6 Å². The molecule has 0 atom stereocenters. The largest absolute Gasteiger partial charge is 0.481 e. The Morgan fingerprint density at radius 1 is 1.07 bits per heavy atom. The van der Waals surface area contributed by atoms with Crippen LogP contribution < -0.4 is 10.2 Å². The third-order valence-corrected chi connectivity index (χ3v) is 4.70. The van der Waals surface area contributed by atoms with Crippen LogP contribution in [0.4, 0.5) is 17.1 Å². The molecule has 146 valence electrons. The molecule has 28 heavy (non-hydrogen) atoms. The number of carbonyl (C=O) groups excluding carboxylic acids is 1. The second kappa shape index (κ2) is 8.51. The van der Waals surface area contributed by atoms with E-state index in [1.54, 1.807) is 36.4 Å². The molecule has 1 fully saturated rings. The van der Waals surface area contributed by atoms with Gasteiger partial charge in [-0.1, -0.05) is 12.1 Å². The molecule has 1 heterocycles. The van der Waals surface area contributed by atoms with Gasteiger partial charge >= 0.3 is 5.97 Å². The van der Waals surface area contributed by atoms with Crippen LogP contribution in [-0.2, 0) is 11.2 Å². The Morgan fingerprint density at radius 2 is 1.75 bits per heavy atom. The van der Waals surface area contributed by atoms with Gasteiger partial charge < -0.3 is 15.3 Å². The minimum absolute atomic E-state index is 0.0774. The first kappa shape index (κ1) is 19.3. The molecule has 0 spiro atoms. The van der Waals surface area contributed by atoms with E-state index in [1.807, 2.05) is 4.90 Å². The van der Waals surface area contributed by atoms with E-state index in [0.717, 1.165) is 32.4 Å². The topological polar surface area (TPSA) is 113 Å². The van der Waals surface area contributed by atoms with Crippen molar-refractivity contribution >= 4 is 28.9 Å². The molecule has 1 aliphatic heterocycles. The van der Waals surface area contributed by atoms with Crippen LogP contribution in [0.3, 0.4) is 0 Å². The third kappa shape index (κ3) is 4.64. The van der Waals surface area contributed by atoms with Gasteiger partial charge in [0.25, 0.3) is 11.6 Å². The number of nitro benzene ring substituents is 1. The Balaban J connectivity index is 1.77. The Bertz CT molecular complexity index is 889. The van der Waals surface area contributed by atoms with E-state index in [0.29, 0.717) is 16.9 Å². The first-order chi connectivity index (χ1) is 13.4. The highest BCUT2D eigenvalue weighted by atomic mass is 16.6. The maximum atomic E-state index is 12.5. The lowest BCUT2D eigenvalue weighted by atomic mass is 10.1. The number of hydrogen-bond acceptors (Lipinski definition) is 5. The highest BCUT2D eigenvalue weighted by Crippen LogP contribution is 2.31. The number of aliphatic carboxylic acids is 1. The Hall–Kier alpha value is -3.42. The number of nitrogens with zero attached hydrogens (tertiary/aromatic N) is 2. The predicted octanol–water partition coefficient (Wildman–Crippen LogP) is 3.46. The van der Waals surface area contributed by atoms with E-state index in [1.165, 1.54) is 6.07 Å². The van der Waals surface area contributed by atoms with E-state index in [2.05, 4.69) is 5.32 Å². The number of nitro groups is 1. The van der Waals surface area contributed by atoms with Crippen LogP contribution in [0.1, 0.15) is 35.2 Å². The molecule has 0 bridgehead atoms. The van der Waals surface area contributed by atoms with E-state index >= 15 is 0 Å². The summed E-state index contributed by atoms with van der Waals surface area (Å²) >= 11 is 0. The number of nitrogens with one attached hydrogen (secondary N) is 1. The maximum absolute atomic E-state index is 12.5. The van der Waals surface area contributed by atoms with E-state index in [-0.39, 0.29) is 17.7 Å². The second-order valence-corrected chi connectivity index (χ2v) is 6.73. The summed E-state index contributed by atoms with van der Waals surface area (Å²) in [4.78, 5) is 36.3. The van der Waals surface area contributed by atoms with Crippen molar-refractivity contribution in [2.75, 3.05) is 23.3 Å². The number of hydrogen-bond donors (Lipinski definition) is 2. The molecule has 2 aromatic rings. The normalized spacial score (nSPS) is 13.8. The standard InChI is InChI=1S/C20H21N3O5/c24-19(25)12-14-4-7-16(8-5-14)21-20(26)15-6-9-17(18(13-15)23(27)28)22-10-2-1-3-11-22/h4-9,13H,1-3,10-12H2,(H,21,26)(H,24,25). The van der Waals surface area contributed by atoms with Crippen molar-refractivity contribution in [2.24, 2.45) is 0 Å². The summed E-state index contributed by atoms with van der Waals surface area (Å²) in [5.41, 5.74) is 1.77. The number of piperidine rings is 1. The van der Waals surface area contributed by atoms with Gasteiger partial charge in [0.15, 0.2) is 0 Å². The maximum Gasteiger partial charge on any atom is 0.307 e. The average Bonchev–Trinajstić information content (AvgIpc) is 2.69. The average molecular weight is 383 g/mol. The van der Waals surface area contributed by atoms with E-state index < -0.39 is 16.8 Å². The molecule has 8 heteroatoms. The van der Waals surface area contributed by atoms with Crippen LogP contribution in [0.2, 0.25) is 0 Å². The molecular weight excluding hydrogens is 362 g/mol. The molecule has 0 aliphatic carbocycles. The van der Waals surface area contributed by atoms with E-state index in [9.17, 15) is 19.7 Å². The van der Waals surface area contributed by atoms with Gasteiger partial charge in [0.2, 0.25) is 0 Å². The first-order valence-electron chi connectivity index (χ1n) is 9.09. The van der Waals surface area contributed by atoms with Crippen LogP contribution in [0.5, 0.6) is 0 Å². The van der Waals surface area contributed by atoms with E-state index in [4.69, 9.17) is 5.11 Å². The van der Waals surface area contributed by atoms with Crippen LogP contribution in [0, 0.1) is 10.1 Å². The van der Waals surface area contributed by atoms with Crippen molar-refractivity contribution in [1.82, 2.24) is 0 Å². The SMILES string of the molecule is O=C(O)Cc1ccc(NC(=O)c2ccc(N3CCCCC3)c([N+](=O)[O-])c2)cc1. The summed E-state index contributed by atoms with van der Waals surface area (Å²) in [6.45, 7) is 1.55. The number of amides is 1. The Kier molecular flexibility index (Phi) is 5.88. The fourth-order valence-corrected chi connectivity index (χ4v) is 3.30. The van der Waals surface area contributed by atoms with Crippen molar-refractivity contribution in [3.05, 3.63) is 63.7 Å². The fraction of sp³-hybridized carbons (Fsp3) is 0.300. The zero-order valence-corrected chi connectivity index (χ0v) is 15.3. The lowest BCUT2D eigenvalue weighted by Crippen LogP contribution is -2.30. The van der Waals surface area contributed by atoms with Gasteiger partial charge in [-0.2, -0.15) is 0 Å². The molecule has 2 N–H and O–H groups in total. The van der Waals surface area contributed by atoms with Gasteiger partial charge in [-0.3, -0.25) is 19.7 Å². The monoisotopic (exact) mass is 383 g/mol. The summed E-state index contributed by atoms with van der Waals surface area (Å²) in [7, 11) is 0. The van der Waals surface area contributed by atoms with Gasteiger partial charge in [-0.05, 0) is 49.1 Å². The quantitative estimate of drug-likeness (QED) is 0.583. The molecule has 1 aliphatic rings. The molecule has 0 aromatic heterocycles. The van der Waals surface area contributed by atoms with Crippen molar-refractivity contribution in [1.29, 1.82) is 0 Å². The van der Waals surface area contributed by atoms with Gasteiger partial charge in [-0.25, -0.2) is 0 Å². The van der Waals surface area contributed by atoms with Gasteiger partial charge in [0.1, 0.15) is 5.69 Å². The molecule has 2 aromatic carbocycles. The number of anilines is 2. The molecule has 0 saturated carbocycles. The summed E-state index contributed by atoms with van der Waals surface area (Å²) < 4.78 is 0. The van der Waals surface area contributed by atoms with Crippen molar-refractivity contribution in [2.45, 2.75) is 25.7 Å². The molecule has 3 rings (SSSR count). The van der Waals surface area contributed by atoms with Crippen LogP contribution >= 0.6 is 0 Å². The van der Waals surface area contributed by atoms with Crippen molar-refractivity contribution in [3.63, 3.8) is 0 Å². The summed E-state index contributed by atoms with van der Waals surface area (Å²) in [6.07, 6.45) is 3.02. The van der Waals surface area contributed by atoms with Gasteiger partial charge in [0, 0.05) is 30.4 Å². The fourth-order valence-electron chi connectivity index (χ4n) is 3.30. The zero-order chi connectivity index (χ0) is 20.1. The molecule has 1 saturated heterocycles. The highest BCUT2D eigenvalue weighted by molar-refractivity contribution is 6.05. The van der Waals surface area contributed by atoms with Crippen LogP contribution in [-0.4, -0.2) is 35.0 Å². The van der Waals surface area contributed by atoms with Gasteiger partial charge in [0.05, 0.1) is 11.3 Å². The molecule has 1 amide bonds. The highest BCUT2D eigenvalue weighted by Gasteiger charge is 2.23. The second-order valence-electron chi connectivity index (χ2n) is 6.73. The summed E-state index contributed by atoms with van der Waals surface area (Å²) in [5, 5.41) is 23.0.